The molecule has 0 aliphatic rings. The number of rotatable bonds is 2. The minimum atomic E-state index is -0.422. The number of hydrogen-bond acceptors (Lipinski definition) is 3. The van der Waals surface area contributed by atoms with Crippen molar-refractivity contribution < 1.29 is 9.21 Å². The lowest BCUT2D eigenvalue weighted by Crippen LogP contribution is -2.12. The first kappa shape index (κ1) is 14.4. The summed E-state index contributed by atoms with van der Waals surface area (Å²) in [7, 11) is 0. The molecule has 4 nitrogen and oxygen atoms in total. The van der Waals surface area contributed by atoms with Crippen LogP contribution in [0, 0.1) is 25.2 Å². The number of aryl methyl sites for hydroxylation is 1. The largest absolute Gasteiger partial charge is 0.444 e. The Bertz CT molecular complexity index is 730. The van der Waals surface area contributed by atoms with E-state index in [0.29, 0.717) is 27.5 Å². The molecule has 0 saturated carbocycles. The fourth-order valence-electron chi connectivity index (χ4n) is 1.66. The number of amides is 1. The van der Waals surface area contributed by atoms with Gasteiger partial charge in [0.05, 0.1) is 10.0 Å². The Morgan fingerprint density at radius 2 is 2.00 bits per heavy atom. The van der Waals surface area contributed by atoms with Gasteiger partial charge in [-0.2, -0.15) is 5.26 Å². The Labute approximate surface area is 125 Å². The second-order valence-electron chi connectivity index (χ2n) is 4.18. The number of nitrogens with zero attached hydrogens (tertiary/aromatic N) is 1. The highest BCUT2D eigenvalue weighted by atomic mass is 35.5. The van der Waals surface area contributed by atoms with Gasteiger partial charge >= 0.3 is 0 Å². The van der Waals surface area contributed by atoms with Gasteiger partial charge < -0.3 is 4.42 Å². The third-order valence-electron chi connectivity index (χ3n) is 2.91. The third-order valence-corrected chi connectivity index (χ3v) is 3.64. The molecule has 0 fully saturated rings. The van der Waals surface area contributed by atoms with Gasteiger partial charge in [-0.25, -0.2) is 0 Å². The highest BCUT2D eigenvalue weighted by molar-refractivity contribution is 6.42. The predicted molar refractivity (Wildman–Crippen MR) is 77.3 cm³/mol. The summed E-state index contributed by atoms with van der Waals surface area (Å²) in [5, 5.41) is 12.3. The highest BCUT2D eigenvalue weighted by Crippen LogP contribution is 2.27. The third kappa shape index (κ3) is 2.64. The summed E-state index contributed by atoms with van der Waals surface area (Å²) in [6.45, 7) is 3.48. The van der Waals surface area contributed by atoms with Gasteiger partial charge in [0.2, 0.25) is 5.88 Å². The maximum Gasteiger partial charge on any atom is 0.258 e. The number of nitrogens with one attached hydrogen (secondary N) is 1. The molecule has 0 aliphatic carbocycles. The molecule has 0 saturated heterocycles. The molecule has 2 rings (SSSR count). The zero-order chi connectivity index (χ0) is 14.9. The molecule has 1 amide bonds. The van der Waals surface area contributed by atoms with E-state index in [1.165, 1.54) is 18.2 Å². The van der Waals surface area contributed by atoms with Crippen molar-refractivity contribution in [1.29, 1.82) is 5.26 Å². The maximum atomic E-state index is 12.1. The molecule has 0 radical (unpaired) electrons. The van der Waals surface area contributed by atoms with E-state index in [4.69, 9.17) is 32.9 Å². The zero-order valence-electron chi connectivity index (χ0n) is 10.8. The second-order valence-corrected chi connectivity index (χ2v) is 5.00. The van der Waals surface area contributed by atoms with Crippen LogP contribution in [0.25, 0.3) is 0 Å². The lowest BCUT2D eigenvalue weighted by molar-refractivity contribution is 0.102. The molecule has 0 atom stereocenters. The van der Waals surface area contributed by atoms with Crippen molar-refractivity contribution in [3.8, 4) is 6.07 Å². The Balaban J connectivity index is 2.30. The monoisotopic (exact) mass is 308 g/mol. The molecule has 0 bridgehead atoms. The number of hydrogen-bond donors (Lipinski definition) is 1. The number of halogens is 2. The van der Waals surface area contributed by atoms with Crippen LogP contribution < -0.4 is 5.32 Å². The number of anilines is 1. The van der Waals surface area contributed by atoms with Gasteiger partial charge in [-0.05, 0) is 32.0 Å². The molecule has 1 heterocycles. The molecule has 102 valence electrons. The van der Waals surface area contributed by atoms with Crippen LogP contribution in [0.15, 0.2) is 22.6 Å². The quantitative estimate of drug-likeness (QED) is 0.898. The summed E-state index contributed by atoms with van der Waals surface area (Å²) in [5.74, 6) is 0.304. The smallest absolute Gasteiger partial charge is 0.258 e. The second kappa shape index (κ2) is 5.58. The fraction of sp³-hybridized carbons (Fsp3) is 0.143. The maximum absolute atomic E-state index is 12.1. The average molecular weight is 309 g/mol. The van der Waals surface area contributed by atoms with Gasteiger partial charge in [-0.15, -0.1) is 0 Å². The van der Waals surface area contributed by atoms with Crippen LogP contribution in [0.1, 0.15) is 27.2 Å². The van der Waals surface area contributed by atoms with Gasteiger partial charge in [-0.1, -0.05) is 23.2 Å². The van der Waals surface area contributed by atoms with E-state index < -0.39 is 5.91 Å². The van der Waals surface area contributed by atoms with Crippen LogP contribution in [-0.4, -0.2) is 5.91 Å². The molecule has 0 spiro atoms. The fourth-order valence-corrected chi connectivity index (χ4v) is 1.96. The molecule has 0 unspecified atom stereocenters. The van der Waals surface area contributed by atoms with Crippen molar-refractivity contribution in [1.82, 2.24) is 0 Å². The van der Waals surface area contributed by atoms with Gasteiger partial charge in [0.1, 0.15) is 17.4 Å². The van der Waals surface area contributed by atoms with Crippen molar-refractivity contribution in [2.24, 2.45) is 0 Å². The topological polar surface area (TPSA) is 66.0 Å². The molecular weight excluding hydrogens is 299 g/mol. The SMILES string of the molecule is Cc1oc(NC(=O)c2ccc(Cl)c(Cl)c2)c(C#N)c1C. The molecule has 1 N–H and O–H groups in total. The molecule has 20 heavy (non-hydrogen) atoms. The van der Waals surface area contributed by atoms with E-state index in [1.54, 1.807) is 13.8 Å². The summed E-state index contributed by atoms with van der Waals surface area (Å²) >= 11 is 11.7. The minimum Gasteiger partial charge on any atom is -0.444 e. The van der Waals surface area contributed by atoms with Crippen LogP contribution in [0.4, 0.5) is 5.88 Å². The van der Waals surface area contributed by atoms with Crippen LogP contribution in [-0.2, 0) is 0 Å². The number of benzene rings is 1. The van der Waals surface area contributed by atoms with Crippen molar-refractivity contribution in [3.05, 3.63) is 50.7 Å². The highest BCUT2D eigenvalue weighted by Gasteiger charge is 2.17. The zero-order valence-corrected chi connectivity index (χ0v) is 12.3. The Morgan fingerprint density at radius 3 is 2.60 bits per heavy atom. The van der Waals surface area contributed by atoms with Crippen molar-refractivity contribution in [2.45, 2.75) is 13.8 Å². The minimum absolute atomic E-state index is 0.138. The molecular formula is C14H10Cl2N2O2. The summed E-state index contributed by atoms with van der Waals surface area (Å²) in [5.41, 5.74) is 1.35. The van der Waals surface area contributed by atoms with Crippen LogP contribution in [0.2, 0.25) is 10.0 Å². The van der Waals surface area contributed by atoms with Gasteiger partial charge in [0, 0.05) is 11.1 Å². The lowest BCUT2D eigenvalue weighted by atomic mass is 10.1. The first-order valence-electron chi connectivity index (χ1n) is 5.70. The number of furan rings is 1. The van der Waals surface area contributed by atoms with E-state index >= 15 is 0 Å². The number of nitriles is 1. The van der Waals surface area contributed by atoms with Crippen molar-refractivity contribution >= 4 is 35.0 Å². The molecule has 2 aromatic rings. The molecule has 0 aliphatic heterocycles. The van der Waals surface area contributed by atoms with E-state index in [2.05, 4.69) is 5.32 Å². The van der Waals surface area contributed by atoms with Gasteiger partial charge in [-0.3, -0.25) is 10.1 Å². The van der Waals surface area contributed by atoms with Crippen LogP contribution in [0.3, 0.4) is 0 Å². The lowest BCUT2D eigenvalue weighted by Gasteiger charge is -2.04. The average Bonchev–Trinajstić information content (AvgIpc) is 2.67. The van der Waals surface area contributed by atoms with E-state index in [1.807, 2.05) is 6.07 Å². The van der Waals surface area contributed by atoms with Crippen LogP contribution >= 0.6 is 23.2 Å². The Hall–Kier alpha value is -1.96. The van der Waals surface area contributed by atoms with E-state index in [-0.39, 0.29) is 10.9 Å². The summed E-state index contributed by atoms with van der Waals surface area (Å²) < 4.78 is 5.37. The van der Waals surface area contributed by atoms with E-state index in [9.17, 15) is 4.79 Å². The van der Waals surface area contributed by atoms with Crippen molar-refractivity contribution in [2.75, 3.05) is 5.32 Å². The standard InChI is InChI=1S/C14H10Cl2N2O2/c1-7-8(2)20-14(10(7)6-17)18-13(19)9-3-4-11(15)12(16)5-9/h3-5H,1-2H3,(H,18,19). The molecule has 1 aromatic carbocycles. The Kier molecular flexibility index (Phi) is 4.03. The summed E-state index contributed by atoms with van der Waals surface area (Å²) in [6, 6.07) is 6.53. The predicted octanol–water partition coefficient (Wildman–Crippen LogP) is 4.33. The number of carbonyl (C=O) groups is 1. The molecule has 1 aromatic heterocycles. The van der Waals surface area contributed by atoms with Gasteiger partial charge in [0.25, 0.3) is 5.91 Å². The Morgan fingerprint density at radius 1 is 1.30 bits per heavy atom. The summed E-state index contributed by atoms with van der Waals surface area (Å²) in [6.07, 6.45) is 0. The normalized spacial score (nSPS) is 10.2. The number of carbonyl (C=O) groups excluding carboxylic acids is 1. The van der Waals surface area contributed by atoms with Crippen LogP contribution in [0.5, 0.6) is 0 Å². The summed E-state index contributed by atoms with van der Waals surface area (Å²) in [4.78, 5) is 12.1. The first-order chi connectivity index (χ1) is 9.43. The van der Waals surface area contributed by atoms with E-state index in [0.717, 1.165) is 0 Å². The molecule has 6 heteroatoms. The first-order valence-corrected chi connectivity index (χ1v) is 6.46. The van der Waals surface area contributed by atoms with Crippen molar-refractivity contribution in [3.63, 3.8) is 0 Å². The van der Waals surface area contributed by atoms with Gasteiger partial charge in [0.15, 0.2) is 0 Å².